The molecule has 2 atom stereocenters. The summed E-state index contributed by atoms with van der Waals surface area (Å²) in [6.07, 6.45) is 10.8. The maximum atomic E-state index is 13.9. The SMILES string of the molecule is COc1ccc([C@H]2/C=C\CN(CC3CCCCC3)[C@@H](C)C(=O)N2Cc2ccc(F)cc2)cc1. The van der Waals surface area contributed by atoms with E-state index in [1.807, 2.05) is 36.1 Å². The van der Waals surface area contributed by atoms with Gasteiger partial charge in [-0.15, -0.1) is 0 Å². The van der Waals surface area contributed by atoms with Gasteiger partial charge in [0.05, 0.1) is 19.2 Å². The number of hydrogen-bond acceptors (Lipinski definition) is 3. The van der Waals surface area contributed by atoms with Gasteiger partial charge < -0.3 is 9.64 Å². The van der Waals surface area contributed by atoms with Crippen molar-refractivity contribution in [2.75, 3.05) is 20.2 Å². The van der Waals surface area contributed by atoms with Crippen LogP contribution < -0.4 is 4.74 Å². The van der Waals surface area contributed by atoms with E-state index in [0.29, 0.717) is 12.5 Å². The Balaban J connectivity index is 1.63. The molecule has 0 saturated heterocycles. The summed E-state index contributed by atoms with van der Waals surface area (Å²) in [5, 5.41) is 0. The molecule has 4 rings (SSSR count). The zero-order valence-corrected chi connectivity index (χ0v) is 19.8. The van der Waals surface area contributed by atoms with E-state index in [1.165, 1.54) is 44.2 Å². The van der Waals surface area contributed by atoms with Gasteiger partial charge in [-0.05, 0) is 61.1 Å². The van der Waals surface area contributed by atoms with Crippen LogP contribution in [0.4, 0.5) is 4.39 Å². The molecule has 2 aliphatic rings. The number of ether oxygens (including phenoxy) is 1. The third-order valence-electron chi connectivity index (χ3n) is 7.12. The minimum absolute atomic E-state index is 0.111. The van der Waals surface area contributed by atoms with E-state index in [9.17, 15) is 9.18 Å². The van der Waals surface area contributed by atoms with Crippen molar-refractivity contribution in [3.05, 3.63) is 77.6 Å². The number of carbonyl (C=O) groups excluding carboxylic acids is 1. The predicted octanol–water partition coefficient (Wildman–Crippen LogP) is 5.74. The standard InChI is InChI=1S/C28H35FN2O2/c1-21-28(32)31(20-23-10-14-25(29)15-11-23)27(24-12-16-26(33-2)17-13-24)9-6-18-30(21)19-22-7-4-3-5-8-22/h6,9-17,21-22,27H,3-5,7-8,18-20H2,1-2H3/b9-6-/t21-,27+/m0/s1. The van der Waals surface area contributed by atoms with E-state index in [1.54, 1.807) is 19.2 Å². The van der Waals surface area contributed by atoms with Crippen LogP contribution in [0, 0.1) is 11.7 Å². The molecule has 2 aromatic carbocycles. The van der Waals surface area contributed by atoms with Gasteiger partial charge in [-0.2, -0.15) is 0 Å². The average molecular weight is 451 g/mol. The van der Waals surface area contributed by atoms with Gasteiger partial charge >= 0.3 is 0 Å². The molecule has 176 valence electrons. The van der Waals surface area contributed by atoms with Crippen molar-refractivity contribution < 1.29 is 13.9 Å². The summed E-state index contributed by atoms with van der Waals surface area (Å²) in [5.74, 6) is 1.30. The highest BCUT2D eigenvalue weighted by atomic mass is 19.1. The maximum absolute atomic E-state index is 13.9. The highest BCUT2D eigenvalue weighted by Gasteiger charge is 2.33. The summed E-state index contributed by atoms with van der Waals surface area (Å²) in [6.45, 7) is 4.21. The van der Waals surface area contributed by atoms with Gasteiger partial charge in [-0.1, -0.05) is 55.7 Å². The van der Waals surface area contributed by atoms with Crippen LogP contribution in [0.3, 0.4) is 0 Å². The van der Waals surface area contributed by atoms with Crippen molar-refractivity contribution in [2.24, 2.45) is 5.92 Å². The number of nitrogens with zero attached hydrogens (tertiary/aromatic N) is 2. The van der Waals surface area contributed by atoms with Crippen molar-refractivity contribution in [3.63, 3.8) is 0 Å². The van der Waals surface area contributed by atoms with Crippen LogP contribution in [0.2, 0.25) is 0 Å². The Morgan fingerprint density at radius 3 is 2.36 bits per heavy atom. The molecule has 2 aromatic rings. The lowest BCUT2D eigenvalue weighted by atomic mass is 9.88. The summed E-state index contributed by atoms with van der Waals surface area (Å²) in [5.41, 5.74) is 1.96. The molecule has 0 N–H and O–H groups in total. The summed E-state index contributed by atoms with van der Waals surface area (Å²) < 4.78 is 18.8. The zero-order chi connectivity index (χ0) is 23.2. The first-order chi connectivity index (χ1) is 16.0. The fourth-order valence-corrected chi connectivity index (χ4v) is 5.11. The first kappa shape index (κ1) is 23.5. The maximum Gasteiger partial charge on any atom is 0.240 e. The van der Waals surface area contributed by atoms with Crippen molar-refractivity contribution in [1.82, 2.24) is 9.80 Å². The number of halogens is 1. The molecular weight excluding hydrogens is 415 g/mol. The molecule has 0 bridgehead atoms. The van der Waals surface area contributed by atoms with Crippen LogP contribution in [-0.2, 0) is 11.3 Å². The highest BCUT2D eigenvalue weighted by molar-refractivity contribution is 5.82. The fraction of sp³-hybridized carbons (Fsp3) is 0.464. The van der Waals surface area contributed by atoms with E-state index in [-0.39, 0.29) is 23.8 Å². The first-order valence-electron chi connectivity index (χ1n) is 12.1. The van der Waals surface area contributed by atoms with E-state index >= 15 is 0 Å². The van der Waals surface area contributed by atoms with Gasteiger partial charge in [0, 0.05) is 19.6 Å². The minimum Gasteiger partial charge on any atom is -0.497 e. The van der Waals surface area contributed by atoms with Crippen molar-refractivity contribution in [1.29, 1.82) is 0 Å². The van der Waals surface area contributed by atoms with Crippen LogP contribution in [0.5, 0.6) is 5.75 Å². The third-order valence-corrected chi connectivity index (χ3v) is 7.12. The summed E-state index contributed by atoms with van der Waals surface area (Å²) >= 11 is 0. The molecule has 1 aliphatic heterocycles. The van der Waals surface area contributed by atoms with Gasteiger partial charge in [0.1, 0.15) is 11.6 Å². The molecular formula is C28H35FN2O2. The normalized spacial score (nSPS) is 23.7. The van der Waals surface area contributed by atoms with Gasteiger partial charge in [0.25, 0.3) is 0 Å². The molecule has 1 aliphatic carbocycles. The Morgan fingerprint density at radius 2 is 1.70 bits per heavy atom. The lowest BCUT2D eigenvalue weighted by Crippen LogP contribution is -2.50. The average Bonchev–Trinajstić information content (AvgIpc) is 2.85. The summed E-state index contributed by atoms with van der Waals surface area (Å²) in [6, 6.07) is 14.0. The second-order valence-corrected chi connectivity index (χ2v) is 9.37. The van der Waals surface area contributed by atoms with Gasteiger partial charge in [-0.3, -0.25) is 9.69 Å². The Hall–Kier alpha value is -2.66. The Labute approximate surface area is 197 Å². The zero-order valence-electron chi connectivity index (χ0n) is 19.8. The molecule has 5 heteroatoms. The number of benzene rings is 2. The quantitative estimate of drug-likeness (QED) is 0.526. The van der Waals surface area contributed by atoms with E-state index in [0.717, 1.165) is 30.0 Å². The van der Waals surface area contributed by atoms with Crippen molar-refractivity contribution >= 4 is 5.91 Å². The highest BCUT2D eigenvalue weighted by Crippen LogP contribution is 2.31. The Kier molecular flexibility index (Phi) is 7.81. The van der Waals surface area contributed by atoms with E-state index in [4.69, 9.17) is 4.74 Å². The van der Waals surface area contributed by atoms with Crippen LogP contribution >= 0.6 is 0 Å². The molecule has 0 aromatic heterocycles. The third kappa shape index (κ3) is 5.83. The smallest absolute Gasteiger partial charge is 0.240 e. The predicted molar refractivity (Wildman–Crippen MR) is 129 cm³/mol. The van der Waals surface area contributed by atoms with Gasteiger partial charge in [0.2, 0.25) is 5.91 Å². The minimum atomic E-state index is -0.267. The van der Waals surface area contributed by atoms with Gasteiger partial charge in [0.15, 0.2) is 0 Å². The summed E-state index contributed by atoms with van der Waals surface area (Å²) in [7, 11) is 1.65. The number of methoxy groups -OCH3 is 1. The van der Waals surface area contributed by atoms with E-state index < -0.39 is 0 Å². The largest absolute Gasteiger partial charge is 0.497 e. The molecule has 33 heavy (non-hydrogen) atoms. The summed E-state index contributed by atoms with van der Waals surface area (Å²) in [4.78, 5) is 18.1. The molecule has 1 amide bonds. The topological polar surface area (TPSA) is 32.8 Å². The monoisotopic (exact) mass is 450 g/mol. The van der Waals surface area contributed by atoms with Crippen molar-refractivity contribution in [3.8, 4) is 5.75 Å². The van der Waals surface area contributed by atoms with Crippen molar-refractivity contribution in [2.45, 2.75) is 57.7 Å². The first-order valence-corrected chi connectivity index (χ1v) is 12.1. The molecule has 0 unspecified atom stereocenters. The van der Waals surface area contributed by atoms with E-state index in [2.05, 4.69) is 17.1 Å². The molecule has 1 fully saturated rings. The lowest BCUT2D eigenvalue weighted by Gasteiger charge is -2.39. The number of carbonyl (C=O) groups is 1. The molecule has 0 spiro atoms. The van der Waals surface area contributed by atoms with Crippen LogP contribution in [-0.4, -0.2) is 41.9 Å². The van der Waals surface area contributed by atoms with Crippen LogP contribution in [0.25, 0.3) is 0 Å². The molecule has 0 radical (unpaired) electrons. The number of rotatable bonds is 6. The second-order valence-electron chi connectivity index (χ2n) is 9.37. The fourth-order valence-electron chi connectivity index (χ4n) is 5.11. The molecule has 1 saturated carbocycles. The van der Waals surface area contributed by atoms with Crippen LogP contribution in [0.1, 0.15) is 56.2 Å². The number of hydrogen-bond donors (Lipinski definition) is 0. The Morgan fingerprint density at radius 1 is 1.00 bits per heavy atom. The lowest BCUT2D eigenvalue weighted by molar-refractivity contribution is -0.139. The number of amides is 1. The molecule has 4 nitrogen and oxygen atoms in total. The molecule has 1 heterocycles. The van der Waals surface area contributed by atoms with Crippen LogP contribution in [0.15, 0.2) is 60.7 Å². The van der Waals surface area contributed by atoms with Gasteiger partial charge in [-0.25, -0.2) is 4.39 Å². The second kappa shape index (κ2) is 11.0. The Bertz CT molecular complexity index is 935.